The molecular formula is C11H10Cl2N2O5S2. The molecule has 120 valence electrons. The largest absolute Gasteiger partial charge is 0.349 e. The number of benzene rings is 1. The maximum absolute atomic E-state index is 11.8. The molecule has 1 aromatic carbocycles. The van der Waals surface area contributed by atoms with E-state index in [1.54, 1.807) is 18.2 Å². The molecule has 1 aromatic rings. The van der Waals surface area contributed by atoms with Gasteiger partial charge in [0.25, 0.3) is 10.8 Å². The summed E-state index contributed by atoms with van der Waals surface area (Å²) in [6, 6.07) is 4.69. The molecule has 0 saturated carbocycles. The van der Waals surface area contributed by atoms with Crippen molar-refractivity contribution in [3.63, 3.8) is 0 Å². The number of β-lactam (4-membered cyclic amide) rings is 1. The van der Waals surface area contributed by atoms with Gasteiger partial charge in [0.1, 0.15) is 0 Å². The number of rotatable bonds is 5. The second-order valence-corrected chi connectivity index (χ2v) is 7.90. The summed E-state index contributed by atoms with van der Waals surface area (Å²) in [5, 5.41) is 5.01. The minimum absolute atomic E-state index is 0.204. The third-order valence-electron chi connectivity index (χ3n) is 2.90. The fourth-order valence-electron chi connectivity index (χ4n) is 1.69. The van der Waals surface area contributed by atoms with Crippen molar-refractivity contribution in [2.24, 2.45) is 0 Å². The standard InChI is InChI=1S/C11H10Cl2N2O5S2/c12-6-1-2-7(13)8(3-6)21-4-9(16)15-11(22(18,19)20)5-14-10(11)17/h1-3H,4-5H2,(H,14,17)(H,15,16)(H,18,19,20). The normalized spacial score (nSPS) is 21.0. The number of thioether (sulfide) groups is 1. The molecule has 3 N–H and O–H groups in total. The molecule has 0 aromatic heterocycles. The van der Waals surface area contributed by atoms with Gasteiger partial charge in [-0.05, 0) is 18.2 Å². The molecule has 1 heterocycles. The van der Waals surface area contributed by atoms with Crippen LogP contribution in [0.1, 0.15) is 0 Å². The van der Waals surface area contributed by atoms with Gasteiger partial charge in [-0.25, -0.2) is 0 Å². The second kappa shape index (κ2) is 6.25. The highest BCUT2D eigenvalue weighted by molar-refractivity contribution is 8.00. The lowest BCUT2D eigenvalue weighted by molar-refractivity contribution is -0.134. The van der Waals surface area contributed by atoms with Gasteiger partial charge in [0.2, 0.25) is 5.91 Å². The number of hydrogen-bond donors (Lipinski definition) is 3. The third kappa shape index (κ3) is 3.33. The summed E-state index contributed by atoms with van der Waals surface area (Å²) in [6.45, 7) is -0.390. The lowest BCUT2D eigenvalue weighted by Crippen LogP contribution is -2.76. The Bertz CT molecular complexity index is 740. The first-order valence-corrected chi connectivity index (χ1v) is 8.98. The third-order valence-corrected chi connectivity index (χ3v) is 5.94. The second-order valence-electron chi connectivity index (χ2n) is 4.40. The maximum Gasteiger partial charge on any atom is 0.300 e. The zero-order chi connectivity index (χ0) is 16.5. The van der Waals surface area contributed by atoms with E-state index in [1.165, 1.54) is 0 Å². The van der Waals surface area contributed by atoms with Gasteiger partial charge in [0.05, 0.1) is 17.3 Å². The predicted molar refractivity (Wildman–Crippen MR) is 82.6 cm³/mol. The summed E-state index contributed by atoms with van der Waals surface area (Å²) in [6.07, 6.45) is 0. The van der Waals surface area contributed by atoms with Crippen LogP contribution >= 0.6 is 35.0 Å². The molecular weight excluding hydrogens is 375 g/mol. The van der Waals surface area contributed by atoms with Crippen LogP contribution in [0.4, 0.5) is 0 Å². The quantitative estimate of drug-likeness (QED) is 0.395. The van der Waals surface area contributed by atoms with E-state index < -0.39 is 26.8 Å². The lowest BCUT2D eigenvalue weighted by atomic mass is 10.1. The first kappa shape index (κ1) is 17.4. The van der Waals surface area contributed by atoms with Gasteiger partial charge in [0, 0.05) is 9.92 Å². The van der Waals surface area contributed by atoms with Gasteiger partial charge in [-0.2, -0.15) is 8.42 Å². The van der Waals surface area contributed by atoms with Gasteiger partial charge >= 0.3 is 10.1 Å². The van der Waals surface area contributed by atoms with Crippen LogP contribution in [0.25, 0.3) is 0 Å². The van der Waals surface area contributed by atoms with E-state index in [9.17, 15) is 18.0 Å². The Labute approximate surface area is 140 Å². The number of amides is 2. The molecule has 1 fully saturated rings. The van der Waals surface area contributed by atoms with Crippen molar-refractivity contribution < 1.29 is 22.6 Å². The number of halogens is 2. The Hall–Kier alpha value is -1.00. The minimum Gasteiger partial charge on any atom is -0.349 e. The monoisotopic (exact) mass is 384 g/mol. The predicted octanol–water partition coefficient (Wildman–Crippen LogP) is 0.916. The van der Waals surface area contributed by atoms with Crippen LogP contribution in [0.5, 0.6) is 0 Å². The Morgan fingerprint density at radius 3 is 2.64 bits per heavy atom. The first-order valence-electron chi connectivity index (χ1n) is 5.80. The smallest absolute Gasteiger partial charge is 0.300 e. The zero-order valence-electron chi connectivity index (χ0n) is 10.8. The molecule has 22 heavy (non-hydrogen) atoms. The van der Waals surface area contributed by atoms with Crippen molar-refractivity contribution in [1.82, 2.24) is 10.6 Å². The SMILES string of the molecule is O=C(CSc1cc(Cl)ccc1Cl)NC1(S(=O)(=O)O)CNC1=O. The van der Waals surface area contributed by atoms with Crippen LogP contribution in [-0.4, -0.2) is 42.0 Å². The summed E-state index contributed by atoms with van der Waals surface area (Å²) in [5.74, 6) is -1.92. The van der Waals surface area contributed by atoms with Crippen molar-refractivity contribution in [2.75, 3.05) is 12.3 Å². The van der Waals surface area contributed by atoms with E-state index in [2.05, 4.69) is 5.32 Å². The van der Waals surface area contributed by atoms with Gasteiger partial charge in [-0.1, -0.05) is 23.2 Å². The van der Waals surface area contributed by atoms with Crippen molar-refractivity contribution >= 4 is 56.9 Å². The van der Waals surface area contributed by atoms with Crippen LogP contribution in [0.3, 0.4) is 0 Å². The number of carbonyl (C=O) groups is 2. The van der Waals surface area contributed by atoms with Crippen LogP contribution in [0.2, 0.25) is 10.0 Å². The highest BCUT2D eigenvalue weighted by Crippen LogP contribution is 2.30. The summed E-state index contributed by atoms with van der Waals surface area (Å²) in [4.78, 5) is 21.5. The van der Waals surface area contributed by atoms with Gasteiger partial charge in [0.15, 0.2) is 0 Å². The first-order chi connectivity index (χ1) is 10.2. The maximum atomic E-state index is 11.8. The average Bonchev–Trinajstić information content (AvgIpc) is 2.42. The van der Waals surface area contributed by atoms with Crippen molar-refractivity contribution in [2.45, 2.75) is 9.77 Å². The van der Waals surface area contributed by atoms with Crippen LogP contribution in [0.15, 0.2) is 23.1 Å². The van der Waals surface area contributed by atoms with Crippen molar-refractivity contribution in [3.05, 3.63) is 28.2 Å². The Balaban J connectivity index is 2.04. The number of hydrogen-bond acceptors (Lipinski definition) is 5. The molecule has 1 unspecified atom stereocenters. The Morgan fingerprint density at radius 2 is 2.14 bits per heavy atom. The van der Waals surface area contributed by atoms with E-state index in [4.69, 9.17) is 27.8 Å². The van der Waals surface area contributed by atoms with E-state index in [0.717, 1.165) is 11.8 Å². The Kier molecular flexibility index (Phi) is 4.93. The molecule has 1 atom stereocenters. The summed E-state index contributed by atoms with van der Waals surface area (Å²) >= 11 is 12.8. The van der Waals surface area contributed by atoms with Crippen molar-refractivity contribution in [1.29, 1.82) is 0 Å². The fraction of sp³-hybridized carbons (Fsp3) is 0.273. The van der Waals surface area contributed by atoms with Gasteiger partial charge in [-0.15, -0.1) is 11.8 Å². The van der Waals surface area contributed by atoms with E-state index in [1.807, 2.05) is 5.32 Å². The lowest BCUT2D eigenvalue weighted by Gasteiger charge is -2.37. The Morgan fingerprint density at radius 1 is 1.45 bits per heavy atom. The summed E-state index contributed by atoms with van der Waals surface area (Å²) in [5.41, 5.74) is 0. The molecule has 2 amide bonds. The molecule has 0 bridgehead atoms. The van der Waals surface area contributed by atoms with Crippen molar-refractivity contribution in [3.8, 4) is 0 Å². The van der Waals surface area contributed by atoms with Crippen LogP contribution in [-0.2, 0) is 19.7 Å². The van der Waals surface area contributed by atoms with E-state index >= 15 is 0 Å². The molecule has 11 heteroatoms. The fourth-order valence-corrected chi connectivity index (χ4v) is 3.78. The summed E-state index contributed by atoms with van der Waals surface area (Å²) in [7, 11) is -4.77. The van der Waals surface area contributed by atoms with Gasteiger partial charge < -0.3 is 10.6 Å². The molecule has 0 spiro atoms. The molecule has 1 saturated heterocycles. The van der Waals surface area contributed by atoms with E-state index in [0.29, 0.717) is 14.9 Å². The molecule has 1 aliphatic rings. The number of carbonyl (C=O) groups excluding carboxylic acids is 2. The van der Waals surface area contributed by atoms with Crippen LogP contribution < -0.4 is 10.6 Å². The molecule has 7 nitrogen and oxygen atoms in total. The van der Waals surface area contributed by atoms with E-state index in [-0.39, 0.29) is 12.3 Å². The summed E-state index contributed by atoms with van der Waals surface area (Å²) < 4.78 is 31.7. The molecule has 1 aliphatic heterocycles. The van der Waals surface area contributed by atoms with Crippen LogP contribution in [0, 0.1) is 0 Å². The molecule has 0 radical (unpaired) electrons. The highest BCUT2D eigenvalue weighted by Gasteiger charge is 2.58. The number of nitrogens with one attached hydrogen (secondary N) is 2. The molecule has 0 aliphatic carbocycles. The topological polar surface area (TPSA) is 113 Å². The average molecular weight is 385 g/mol. The highest BCUT2D eigenvalue weighted by atomic mass is 35.5. The zero-order valence-corrected chi connectivity index (χ0v) is 13.9. The minimum atomic E-state index is -4.77. The van der Waals surface area contributed by atoms with Gasteiger partial charge in [-0.3, -0.25) is 14.1 Å². The molecule has 2 rings (SSSR count).